The monoisotopic (exact) mass is 269 g/mol. The minimum Gasteiger partial charge on any atom is -0.384 e. The van der Waals surface area contributed by atoms with Gasteiger partial charge in [0.25, 0.3) is 0 Å². The third kappa shape index (κ3) is 2.33. The van der Waals surface area contributed by atoms with Gasteiger partial charge in [0.05, 0.1) is 5.56 Å². The molecule has 3 unspecified atom stereocenters. The average molecular weight is 269 g/mol. The highest BCUT2D eigenvalue weighted by atomic mass is 19.4. The molecule has 3 atom stereocenters. The molecule has 1 aromatic carbocycles. The van der Waals surface area contributed by atoms with Crippen molar-refractivity contribution in [2.45, 2.75) is 38.3 Å². The molecule has 0 aromatic heterocycles. The molecule has 1 aromatic rings. The molecule has 1 aliphatic heterocycles. The van der Waals surface area contributed by atoms with Gasteiger partial charge < -0.3 is 5.32 Å². The van der Waals surface area contributed by atoms with E-state index in [9.17, 15) is 13.2 Å². The third-order valence-corrected chi connectivity index (χ3v) is 4.60. The summed E-state index contributed by atoms with van der Waals surface area (Å²) in [7, 11) is 0. The molecule has 0 saturated heterocycles. The number of fused-ring (bicyclic) bond motifs is 1. The Bertz CT molecular complexity index is 481. The molecule has 1 fully saturated rings. The van der Waals surface area contributed by atoms with Gasteiger partial charge in [0, 0.05) is 18.2 Å². The van der Waals surface area contributed by atoms with Gasteiger partial charge in [0.15, 0.2) is 0 Å². The van der Waals surface area contributed by atoms with Crippen LogP contribution in [0.15, 0.2) is 18.2 Å². The molecule has 1 saturated carbocycles. The predicted octanol–water partition coefficient (Wildman–Crippen LogP) is 4.65. The van der Waals surface area contributed by atoms with E-state index >= 15 is 0 Å². The van der Waals surface area contributed by atoms with Gasteiger partial charge in [-0.05, 0) is 48.4 Å². The Morgan fingerprint density at radius 3 is 2.63 bits per heavy atom. The van der Waals surface area contributed by atoms with Crippen LogP contribution in [-0.2, 0) is 6.18 Å². The van der Waals surface area contributed by atoms with Crippen LogP contribution in [0.5, 0.6) is 0 Å². The van der Waals surface area contributed by atoms with Crippen LogP contribution in [0, 0.1) is 11.8 Å². The summed E-state index contributed by atoms with van der Waals surface area (Å²) in [6, 6.07) is 4.10. The van der Waals surface area contributed by atoms with Crippen molar-refractivity contribution in [3.8, 4) is 0 Å². The van der Waals surface area contributed by atoms with E-state index in [4.69, 9.17) is 0 Å². The van der Waals surface area contributed by atoms with Crippen molar-refractivity contribution in [1.82, 2.24) is 0 Å². The van der Waals surface area contributed by atoms with E-state index in [1.807, 2.05) is 0 Å². The van der Waals surface area contributed by atoms with Crippen molar-refractivity contribution in [3.05, 3.63) is 29.3 Å². The van der Waals surface area contributed by atoms with Gasteiger partial charge in [0.1, 0.15) is 0 Å². The predicted molar refractivity (Wildman–Crippen MR) is 69.2 cm³/mol. The maximum Gasteiger partial charge on any atom is 0.416 e. The van der Waals surface area contributed by atoms with Gasteiger partial charge in [-0.1, -0.05) is 13.3 Å². The lowest BCUT2D eigenvalue weighted by atomic mass is 9.85. The molecule has 1 N–H and O–H groups in total. The Morgan fingerprint density at radius 2 is 2.00 bits per heavy atom. The minimum atomic E-state index is -4.24. The second-order valence-corrected chi connectivity index (χ2v) is 5.97. The van der Waals surface area contributed by atoms with E-state index in [2.05, 4.69) is 12.2 Å². The van der Waals surface area contributed by atoms with Crippen molar-refractivity contribution in [2.75, 3.05) is 11.9 Å². The summed E-state index contributed by atoms with van der Waals surface area (Å²) in [6.07, 6.45) is -0.758. The van der Waals surface area contributed by atoms with Crippen molar-refractivity contribution in [1.29, 1.82) is 0 Å². The summed E-state index contributed by atoms with van der Waals surface area (Å²) in [5.41, 5.74) is 1.23. The molecule has 0 radical (unpaired) electrons. The molecule has 3 rings (SSSR count). The zero-order valence-corrected chi connectivity index (χ0v) is 10.9. The van der Waals surface area contributed by atoms with Gasteiger partial charge in [0.2, 0.25) is 0 Å². The Kier molecular flexibility index (Phi) is 2.99. The van der Waals surface area contributed by atoms with E-state index in [0.29, 0.717) is 11.8 Å². The highest BCUT2D eigenvalue weighted by Gasteiger charge is 2.37. The molecule has 104 valence electrons. The van der Waals surface area contributed by atoms with Crippen LogP contribution in [0.1, 0.15) is 43.2 Å². The number of rotatable bonds is 1. The molecule has 0 amide bonds. The van der Waals surface area contributed by atoms with Gasteiger partial charge in [-0.3, -0.25) is 0 Å². The summed E-state index contributed by atoms with van der Waals surface area (Å²) < 4.78 is 38.4. The summed E-state index contributed by atoms with van der Waals surface area (Å²) in [5, 5.41) is 3.25. The van der Waals surface area contributed by atoms with Crippen LogP contribution in [0.2, 0.25) is 0 Å². The maximum atomic E-state index is 12.8. The molecule has 2 aliphatic rings. The Morgan fingerprint density at radius 1 is 1.21 bits per heavy atom. The minimum absolute atomic E-state index is 0.252. The molecule has 1 nitrogen and oxygen atoms in total. The number of nitrogens with one attached hydrogen (secondary N) is 1. The number of benzene rings is 1. The molecular formula is C15H18F3N. The highest BCUT2D eigenvalue weighted by Crippen LogP contribution is 2.46. The summed E-state index contributed by atoms with van der Waals surface area (Å²) in [4.78, 5) is 0. The van der Waals surface area contributed by atoms with Crippen LogP contribution < -0.4 is 5.32 Å². The Balaban J connectivity index is 1.90. The van der Waals surface area contributed by atoms with Crippen LogP contribution in [-0.4, -0.2) is 6.54 Å². The summed E-state index contributed by atoms with van der Waals surface area (Å²) >= 11 is 0. The first-order chi connectivity index (χ1) is 8.95. The second kappa shape index (κ2) is 4.43. The van der Waals surface area contributed by atoms with Gasteiger partial charge in [-0.25, -0.2) is 0 Å². The maximum absolute atomic E-state index is 12.8. The van der Waals surface area contributed by atoms with Gasteiger partial charge in [-0.2, -0.15) is 13.2 Å². The van der Waals surface area contributed by atoms with E-state index in [1.54, 1.807) is 6.07 Å². The SMILES string of the molecule is CC1CCC(C2CNc3ccc(C(F)(F)F)cc32)C1. The third-order valence-electron chi connectivity index (χ3n) is 4.60. The fraction of sp³-hybridized carbons (Fsp3) is 0.600. The first-order valence-corrected chi connectivity index (χ1v) is 6.90. The second-order valence-electron chi connectivity index (χ2n) is 5.97. The highest BCUT2D eigenvalue weighted by molar-refractivity contribution is 5.59. The largest absolute Gasteiger partial charge is 0.416 e. The first-order valence-electron chi connectivity index (χ1n) is 6.90. The van der Waals surface area contributed by atoms with Crippen molar-refractivity contribution in [2.24, 2.45) is 11.8 Å². The molecule has 1 aliphatic carbocycles. The van der Waals surface area contributed by atoms with E-state index in [0.717, 1.165) is 30.6 Å². The van der Waals surface area contributed by atoms with E-state index < -0.39 is 11.7 Å². The number of anilines is 1. The lowest BCUT2D eigenvalue weighted by molar-refractivity contribution is -0.137. The summed E-state index contributed by atoms with van der Waals surface area (Å²) in [6.45, 7) is 3.02. The molecule has 4 heteroatoms. The number of alkyl halides is 3. The van der Waals surface area contributed by atoms with Crippen LogP contribution in [0.3, 0.4) is 0 Å². The first kappa shape index (κ1) is 12.8. The number of hydrogen-bond donors (Lipinski definition) is 1. The molecule has 1 heterocycles. The van der Waals surface area contributed by atoms with Crippen LogP contribution >= 0.6 is 0 Å². The van der Waals surface area contributed by atoms with Gasteiger partial charge >= 0.3 is 6.18 Å². The van der Waals surface area contributed by atoms with Crippen molar-refractivity contribution >= 4 is 5.69 Å². The molecule has 19 heavy (non-hydrogen) atoms. The van der Waals surface area contributed by atoms with Gasteiger partial charge in [-0.15, -0.1) is 0 Å². The lowest BCUT2D eigenvalue weighted by Crippen LogP contribution is -2.13. The van der Waals surface area contributed by atoms with Crippen molar-refractivity contribution < 1.29 is 13.2 Å². The van der Waals surface area contributed by atoms with Crippen LogP contribution in [0.25, 0.3) is 0 Å². The fourth-order valence-corrected chi connectivity index (χ4v) is 3.57. The molecule has 0 bridgehead atoms. The lowest BCUT2D eigenvalue weighted by Gasteiger charge is -2.19. The fourth-order valence-electron chi connectivity index (χ4n) is 3.57. The van der Waals surface area contributed by atoms with Crippen LogP contribution in [0.4, 0.5) is 18.9 Å². The average Bonchev–Trinajstić information content (AvgIpc) is 2.92. The smallest absolute Gasteiger partial charge is 0.384 e. The van der Waals surface area contributed by atoms with E-state index in [-0.39, 0.29) is 5.92 Å². The van der Waals surface area contributed by atoms with E-state index in [1.165, 1.54) is 18.6 Å². The summed E-state index contributed by atoms with van der Waals surface area (Å²) in [5.74, 6) is 1.49. The normalized spacial score (nSPS) is 30.2. The number of hydrogen-bond acceptors (Lipinski definition) is 1. The zero-order valence-electron chi connectivity index (χ0n) is 10.9. The Hall–Kier alpha value is -1.19. The Labute approximate surface area is 111 Å². The number of halogens is 3. The standard InChI is InChI=1S/C15H18F3N/c1-9-2-3-10(6-9)13-8-19-14-5-4-11(7-12(13)14)15(16,17)18/h4-5,7,9-10,13,19H,2-3,6,8H2,1H3. The molecule has 0 spiro atoms. The quantitative estimate of drug-likeness (QED) is 0.782. The zero-order chi connectivity index (χ0) is 13.6. The molecular weight excluding hydrogens is 251 g/mol. The van der Waals surface area contributed by atoms with Crippen molar-refractivity contribution in [3.63, 3.8) is 0 Å². The topological polar surface area (TPSA) is 12.0 Å².